The summed E-state index contributed by atoms with van der Waals surface area (Å²) in [5, 5.41) is 0. The third kappa shape index (κ3) is 5.39. The lowest BCUT2D eigenvalue weighted by Crippen LogP contribution is -2.31. The summed E-state index contributed by atoms with van der Waals surface area (Å²) in [5.74, 6) is 4.70. The molecule has 4 aromatic carbocycles. The second-order valence-corrected chi connectivity index (χ2v) is 12.6. The topological polar surface area (TPSA) is 18.5 Å². The fourth-order valence-corrected chi connectivity index (χ4v) is 8.39. The first-order valence-electron chi connectivity index (χ1n) is 14.3. The maximum atomic E-state index is 6.94. The summed E-state index contributed by atoms with van der Waals surface area (Å²) in [7, 11) is 1.01. The van der Waals surface area contributed by atoms with E-state index in [1.54, 1.807) is 0 Å². The Bertz CT molecular complexity index is 1580. The average molecular weight is 571 g/mol. The van der Waals surface area contributed by atoms with Crippen LogP contribution in [0.15, 0.2) is 133 Å². The molecule has 0 aliphatic heterocycles. The van der Waals surface area contributed by atoms with Crippen molar-refractivity contribution in [3.63, 3.8) is 0 Å². The fraction of sp³-hybridized carbons (Fsp3) is 0.135. The Morgan fingerprint density at radius 3 is 1.15 bits per heavy atom. The number of hydrogen-bond donors (Lipinski definition) is 0. The van der Waals surface area contributed by atoms with Crippen LogP contribution in [0.2, 0.25) is 0 Å². The van der Waals surface area contributed by atoms with Crippen LogP contribution in [0.3, 0.4) is 0 Å². The van der Waals surface area contributed by atoms with Gasteiger partial charge in [0.2, 0.25) is 0 Å². The van der Waals surface area contributed by atoms with E-state index in [0.717, 1.165) is 30.2 Å². The van der Waals surface area contributed by atoms with E-state index in [2.05, 4.69) is 133 Å². The lowest BCUT2D eigenvalue weighted by molar-refractivity contribution is 0.0845. The third-order valence-corrected chi connectivity index (χ3v) is 10.0. The van der Waals surface area contributed by atoms with Crippen LogP contribution >= 0.6 is 16.4 Å². The molecule has 0 amide bonds. The van der Waals surface area contributed by atoms with Gasteiger partial charge >= 0.3 is 0 Å². The van der Waals surface area contributed by atoms with Crippen LogP contribution in [0.25, 0.3) is 44.5 Å². The molecule has 6 aromatic rings. The molecule has 7 rings (SSSR count). The highest BCUT2D eigenvalue weighted by molar-refractivity contribution is 7.33. The van der Waals surface area contributed by atoms with Crippen molar-refractivity contribution in [1.29, 1.82) is 0 Å². The van der Waals surface area contributed by atoms with Gasteiger partial charge < -0.3 is 9.47 Å². The Morgan fingerprint density at radius 2 is 0.780 bits per heavy atom. The molecule has 0 spiro atoms. The largest absolute Gasteiger partial charge is 0.482 e. The van der Waals surface area contributed by atoms with Crippen molar-refractivity contribution in [2.75, 3.05) is 0 Å². The maximum Gasteiger partial charge on any atom is 0.143 e. The van der Waals surface area contributed by atoms with Crippen LogP contribution in [0.1, 0.15) is 19.3 Å². The summed E-state index contributed by atoms with van der Waals surface area (Å²) in [6.07, 6.45) is 3.21. The van der Waals surface area contributed by atoms with Gasteiger partial charge in [0, 0.05) is 11.1 Å². The van der Waals surface area contributed by atoms with Crippen LogP contribution in [0.5, 0.6) is 11.0 Å². The first kappa shape index (κ1) is 26.0. The van der Waals surface area contributed by atoms with Gasteiger partial charge in [0.1, 0.15) is 23.2 Å². The third-order valence-electron chi connectivity index (χ3n) is 7.91. The Labute approximate surface area is 245 Å². The minimum absolute atomic E-state index is 0.0369. The summed E-state index contributed by atoms with van der Waals surface area (Å²) in [5.41, 5.74) is 12.0. The summed E-state index contributed by atoms with van der Waals surface area (Å²) < 4.78 is 13.9. The van der Waals surface area contributed by atoms with E-state index in [-0.39, 0.29) is 12.2 Å². The smallest absolute Gasteiger partial charge is 0.143 e. The van der Waals surface area contributed by atoms with Crippen molar-refractivity contribution < 1.29 is 9.47 Å². The Morgan fingerprint density at radius 1 is 0.439 bits per heavy atom. The highest BCUT2D eigenvalue weighted by Gasteiger charge is 2.33. The molecule has 202 valence electrons. The van der Waals surface area contributed by atoms with E-state index >= 15 is 0 Å². The minimum atomic E-state index is 0.0369. The fourth-order valence-electron chi connectivity index (χ4n) is 5.93. The van der Waals surface area contributed by atoms with Gasteiger partial charge in [-0.2, -0.15) is 0 Å². The van der Waals surface area contributed by atoms with Crippen molar-refractivity contribution in [2.45, 2.75) is 31.5 Å². The van der Waals surface area contributed by atoms with Crippen LogP contribution in [-0.4, -0.2) is 12.2 Å². The van der Waals surface area contributed by atoms with Gasteiger partial charge in [-0.15, -0.1) is 0 Å². The van der Waals surface area contributed by atoms with Crippen molar-refractivity contribution in [3.05, 3.63) is 133 Å². The first-order valence-corrected chi connectivity index (χ1v) is 16.5. The SMILES string of the molecule is c1ccc(-c2c[pH]c(OC3CCCC3Oc3[pH]cc(-c4ccccc4)c3-c3ccccc3)c2-c2ccccc2)cc1. The summed E-state index contributed by atoms with van der Waals surface area (Å²) >= 11 is 0. The molecule has 0 radical (unpaired) electrons. The van der Waals surface area contributed by atoms with E-state index in [4.69, 9.17) is 9.47 Å². The van der Waals surface area contributed by atoms with Gasteiger partial charge in [0.05, 0.1) is 0 Å². The maximum absolute atomic E-state index is 6.94. The first-order chi connectivity index (χ1) is 20.3. The van der Waals surface area contributed by atoms with Crippen molar-refractivity contribution in [2.24, 2.45) is 0 Å². The molecule has 0 saturated heterocycles. The second kappa shape index (κ2) is 11.9. The zero-order valence-electron chi connectivity index (χ0n) is 22.8. The molecule has 4 unspecified atom stereocenters. The van der Waals surface area contributed by atoms with Gasteiger partial charge in [-0.25, -0.2) is 0 Å². The van der Waals surface area contributed by atoms with E-state index in [1.807, 2.05) is 0 Å². The van der Waals surface area contributed by atoms with E-state index in [1.165, 1.54) is 44.5 Å². The molecule has 2 aromatic heterocycles. The Hall–Kier alpha value is -3.96. The summed E-state index contributed by atoms with van der Waals surface area (Å²) in [6, 6.07) is 42.8. The predicted molar refractivity (Wildman–Crippen MR) is 176 cm³/mol. The Balaban J connectivity index is 1.21. The lowest BCUT2D eigenvalue weighted by atomic mass is 9.98. The minimum Gasteiger partial charge on any atom is -0.482 e. The molecule has 4 heteroatoms. The number of benzene rings is 4. The molecule has 1 saturated carbocycles. The van der Waals surface area contributed by atoms with Gasteiger partial charge in [0.25, 0.3) is 0 Å². The van der Waals surface area contributed by atoms with Crippen LogP contribution < -0.4 is 9.47 Å². The second-order valence-electron chi connectivity index (χ2n) is 10.5. The quantitative estimate of drug-likeness (QED) is 0.181. The van der Waals surface area contributed by atoms with Gasteiger partial charge in [0.15, 0.2) is 0 Å². The van der Waals surface area contributed by atoms with Gasteiger partial charge in [-0.05, 0) is 64.2 Å². The zero-order valence-corrected chi connectivity index (χ0v) is 24.8. The number of ether oxygens (including phenoxy) is 2. The zero-order chi connectivity index (χ0) is 27.4. The predicted octanol–water partition coefficient (Wildman–Crippen LogP) is 10.8. The molecule has 0 N–H and O–H groups in total. The summed E-state index contributed by atoms with van der Waals surface area (Å²) in [4.78, 5) is 0. The highest BCUT2D eigenvalue weighted by Crippen LogP contribution is 2.50. The highest BCUT2D eigenvalue weighted by atomic mass is 31.0. The normalized spacial score (nSPS) is 16.9. The molecule has 1 aliphatic carbocycles. The molecule has 1 fully saturated rings. The molecule has 0 bridgehead atoms. The molecule has 2 heterocycles. The van der Waals surface area contributed by atoms with Crippen LogP contribution in [0.4, 0.5) is 0 Å². The van der Waals surface area contributed by atoms with Crippen molar-refractivity contribution >= 4 is 16.4 Å². The lowest BCUT2D eigenvalue weighted by Gasteiger charge is -2.24. The Kier molecular flexibility index (Phi) is 7.52. The molecule has 2 nitrogen and oxygen atoms in total. The summed E-state index contributed by atoms with van der Waals surface area (Å²) in [6.45, 7) is 0. The molecule has 41 heavy (non-hydrogen) atoms. The van der Waals surface area contributed by atoms with Crippen LogP contribution in [0, 0.1) is 0 Å². The average Bonchev–Trinajstić information content (AvgIpc) is 3.78. The molecular weight excluding hydrogens is 538 g/mol. The van der Waals surface area contributed by atoms with E-state index < -0.39 is 0 Å². The standard InChI is InChI=1S/C37H32O2P2/c1-5-14-26(15-6-1)30-24-40-36(34(30)28-18-9-3-10-19-28)38-32-22-13-23-33(32)39-37-35(29-20-11-4-12-21-29)31(25-41-37)27-16-7-2-8-17-27/h1-12,14-21,24-25,32-33,40-41H,13,22-23H2. The monoisotopic (exact) mass is 570 g/mol. The van der Waals surface area contributed by atoms with Gasteiger partial charge in [-0.3, -0.25) is 0 Å². The van der Waals surface area contributed by atoms with Gasteiger partial charge in [-0.1, -0.05) is 138 Å². The number of rotatable bonds is 8. The molecule has 4 atom stereocenters. The molecular formula is C37H32O2P2. The van der Waals surface area contributed by atoms with Crippen molar-refractivity contribution in [1.82, 2.24) is 0 Å². The van der Waals surface area contributed by atoms with Crippen LogP contribution in [-0.2, 0) is 0 Å². The van der Waals surface area contributed by atoms with E-state index in [0.29, 0.717) is 16.4 Å². The van der Waals surface area contributed by atoms with Crippen molar-refractivity contribution in [3.8, 4) is 55.5 Å². The van der Waals surface area contributed by atoms with E-state index in [9.17, 15) is 0 Å². The number of hydrogen-bond acceptors (Lipinski definition) is 2. The molecule has 1 aliphatic rings.